The van der Waals surface area contributed by atoms with Gasteiger partial charge in [0, 0.05) is 17.8 Å². The summed E-state index contributed by atoms with van der Waals surface area (Å²) in [7, 11) is -1.32. The molecule has 5 nitrogen and oxygen atoms in total. The van der Waals surface area contributed by atoms with E-state index < -0.39 is 22.7 Å². The molecule has 1 amide bonds. The van der Waals surface area contributed by atoms with E-state index in [2.05, 4.69) is 5.32 Å². The zero-order valence-corrected chi connectivity index (χ0v) is 15.2. The van der Waals surface area contributed by atoms with Crippen LogP contribution < -0.4 is 5.32 Å². The summed E-state index contributed by atoms with van der Waals surface area (Å²) in [6, 6.07) is 13.8. The van der Waals surface area contributed by atoms with Crippen LogP contribution in [-0.2, 0) is 26.8 Å². The van der Waals surface area contributed by atoms with Crippen LogP contribution >= 0.6 is 11.6 Å². The van der Waals surface area contributed by atoms with Crippen molar-refractivity contribution in [2.75, 3.05) is 19.4 Å². The molecular formula is C18H18ClNO4S. The van der Waals surface area contributed by atoms with Gasteiger partial charge in [0.1, 0.15) is 0 Å². The largest absolute Gasteiger partial charge is 0.452 e. The summed E-state index contributed by atoms with van der Waals surface area (Å²) in [6.07, 6.45) is 2.10. The molecule has 0 bridgehead atoms. The van der Waals surface area contributed by atoms with Gasteiger partial charge in [-0.1, -0.05) is 35.9 Å². The highest BCUT2D eigenvalue weighted by atomic mass is 35.5. The molecule has 132 valence electrons. The van der Waals surface area contributed by atoms with E-state index in [0.717, 1.165) is 5.56 Å². The van der Waals surface area contributed by atoms with Gasteiger partial charge in [0.15, 0.2) is 6.61 Å². The van der Waals surface area contributed by atoms with Crippen LogP contribution in [0.5, 0.6) is 0 Å². The molecule has 2 rings (SSSR count). The Morgan fingerprint density at radius 3 is 2.64 bits per heavy atom. The highest BCUT2D eigenvalue weighted by Crippen LogP contribution is 2.13. The van der Waals surface area contributed by atoms with Gasteiger partial charge in [0.05, 0.1) is 21.3 Å². The van der Waals surface area contributed by atoms with Gasteiger partial charge in [-0.15, -0.1) is 0 Å². The van der Waals surface area contributed by atoms with Crippen molar-refractivity contribution < 1.29 is 18.5 Å². The number of hydrogen-bond donors (Lipinski definition) is 1. The maximum Gasteiger partial charge on any atom is 0.339 e. The zero-order valence-electron chi connectivity index (χ0n) is 13.7. The molecule has 1 atom stereocenters. The summed E-state index contributed by atoms with van der Waals surface area (Å²) in [5, 5.41) is 3.32. The molecule has 0 aliphatic rings. The van der Waals surface area contributed by atoms with Crippen LogP contribution in [0.4, 0.5) is 0 Å². The maximum absolute atomic E-state index is 12.1. The predicted molar refractivity (Wildman–Crippen MR) is 97.2 cm³/mol. The molecule has 0 saturated carbocycles. The first-order valence-electron chi connectivity index (χ1n) is 7.58. The molecule has 2 aromatic rings. The highest BCUT2D eigenvalue weighted by Gasteiger charge is 2.15. The van der Waals surface area contributed by atoms with Crippen LogP contribution in [0, 0.1) is 0 Å². The number of benzene rings is 2. The summed E-state index contributed by atoms with van der Waals surface area (Å²) in [5.74, 6) is -1.07. The minimum atomic E-state index is -1.32. The first kappa shape index (κ1) is 19.1. The smallest absolute Gasteiger partial charge is 0.339 e. The Labute approximate surface area is 153 Å². The molecular weight excluding hydrogens is 362 g/mol. The fraction of sp³-hybridized carbons (Fsp3) is 0.222. The number of halogens is 1. The third-order valence-corrected chi connectivity index (χ3v) is 4.59. The number of nitrogens with one attached hydrogen (secondary N) is 1. The van der Waals surface area contributed by atoms with Gasteiger partial charge in [0.25, 0.3) is 5.91 Å². The lowest BCUT2D eigenvalue weighted by Crippen LogP contribution is -2.30. The van der Waals surface area contributed by atoms with Crippen LogP contribution in [0.3, 0.4) is 0 Å². The predicted octanol–water partition coefficient (Wildman–Crippen LogP) is 2.59. The molecule has 0 spiro atoms. The molecule has 0 aliphatic carbocycles. The lowest BCUT2D eigenvalue weighted by molar-refractivity contribution is -0.124. The van der Waals surface area contributed by atoms with E-state index in [1.54, 1.807) is 24.3 Å². The summed E-state index contributed by atoms with van der Waals surface area (Å²) >= 11 is 5.90. The number of ether oxygens (including phenoxy) is 1. The summed E-state index contributed by atoms with van der Waals surface area (Å²) in [5.41, 5.74) is 1.21. The molecule has 0 unspecified atom stereocenters. The molecule has 0 radical (unpaired) electrons. The van der Waals surface area contributed by atoms with E-state index in [1.807, 2.05) is 18.2 Å². The number of hydrogen-bond acceptors (Lipinski definition) is 4. The second-order valence-electron chi connectivity index (χ2n) is 5.26. The van der Waals surface area contributed by atoms with Crippen LogP contribution in [0.2, 0.25) is 5.02 Å². The molecule has 2 aromatic carbocycles. The van der Waals surface area contributed by atoms with Crippen molar-refractivity contribution in [1.82, 2.24) is 5.32 Å². The number of carbonyl (C=O) groups excluding carboxylic acids is 2. The minimum absolute atomic E-state index is 0.204. The van der Waals surface area contributed by atoms with Crippen LogP contribution in [-0.4, -0.2) is 35.5 Å². The second-order valence-corrected chi connectivity index (χ2v) is 7.04. The average Bonchev–Trinajstić information content (AvgIpc) is 2.59. The van der Waals surface area contributed by atoms with E-state index in [1.165, 1.54) is 12.3 Å². The van der Waals surface area contributed by atoms with Crippen LogP contribution in [0.15, 0.2) is 53.4 Å². The lowest BCUT2D eigenvalue weighted by Gasteiger charge is -2.09. The Morgan fingerprint density at radius 2 is 1.92 bits per heavy atom. The average molecular weight is 380 g/mol. The lowest BCUT2D eigenvalue weighted by atomic mass is 10.1. The SMILES string of the molecule is C[S@](=O)c1ccccc1C(=O)OCC(=O)NCCc1cccc(Cl)c1. The van der Waals surface area contributed by atoms with Crippen molar-refractivity contribution >= 4 is 34.3 Å². The van der Waals surface area contributed by atoms with Gasteiger partial charge in [-0.25, -0.2) is 4.79 Å². The van der Waals surface area contributed by atoms with Crippen molar-refractivity contribution in [2.45, 2.75) is 11.3 Å². The van der Waals surface area contributed by atoms with Crippen LogP contribution in [0.25, 0.3) is 0 Å². The summed E-state index contributed by atoms with van der Waals surface area (Å²) in [6.45, 7) is 0.0192. The number of carbonyl (C=O) groups is 2. The molecule has 7 heteroatoms. The molecule has 0 aliphatic heterocycles. The Hall–Kier alpha value is -2.18. The third kappa shape index (κ3) is 5.99. The fourth-order valence-corrected chi connectivity index (χ4v) is 3.13. The van der Waals surface area contributed by atoms with Crippen molar-refractivity contribution in [1.29, 1.82) is 0 Å². The Balaban J connectivity index is 1.80. The van der Waals surface area contributed by atoms with Gasteiger partial charge in [0.2, 0.25) is 0 Å². The Bertz CT molecular complexity index is 794. The second kappa shape index (κ2) is 9.34. The van der Waals surface area contributed by atoms with Gasteiger partial charge in [-0.05, 0) is 36.2 Å². The molecule has 0 fully saturated rings. The number of rotatable bonds is 7. The molecule has 1 N–H and O–H groups in total. The van der Waals surface area contributed by atoms with Crippen molar-refractivity contribution in [3.8, 4) is 0 Å². The van der Waals surface area contributed by atoms with E-state index in [-0.39, 0.29) is 12.2 Å². The van der Waals surface area contributed by atoms with E-state index >= 15 is 0 Å². The van der Waals surface area contributed by atoms with Gasteiger partial charge >= 0.3 is 5.97 Å². The topological polar surface area (TPSA) is 72.5 Å². The van der Waals surface area contributed by atoms with E-state index in [0.29, 0.717) is 22.9 Å². The van der Waals surface area contributed by atoms with Crippen molar-refractivity contribution in [3.05, 3.63) is 64.7 Å². The quantitative estimate of drug-likeness (QED) is 0.750. The van der Waals surface area contributed by atoms with Crippen molar-refractivity contribution in [2.24, 2.45) is 0 Å². The van der Waals surface area contributed by atoms with Crippen LogP contribution in [0.1, 0.15) is 15.9 Å². The van der Waals surface area contributed by atoms with Crippen molar-refractivity contribution in [3.63, 3.8) is 0 Å². The molecule has 0 heterocycles. The molecule has 25 heavy (non-hydrogen) atoms. The van der Waals surface area contributed by atoms with E-state index in [9.17, 15) is 13.8 Å². The first-order chi connectivity index (χ1) is 12.0. The highest BCUT2D eigenvalue weighted by molar-refractivity contribution is 7.84. The number of amides is 1. The standard InChI is InChI=1S/C18H18ClNO4S/c1-25(23)16-8-3-2-7-15(16)18(22)24-12-17(21)20-10-9-13-5-4-6-14(19)11-13/h2-8,11H,9-10,12H2,1H3,(H,20,21)/t25-/m0/s1. The summed E-state index contributed by atoms with van der Waals surface area (Å²) in [4.78, 5) is 24.2. The summed E-state index contributed by atoms with van der Waals surface area (Å²) < 4.78 is 16.6. The van der Waals surface area contributed by atoms with Gasteiger partial charge in [-0.2, -0.15) is 0 Å². The fourth-order valence-electron chi connectivity index (χ4n) is 2.18. The Kier molecular flexibility index (Phi) is 7.16. The Morgan fingerprint density at radius 1 is 1.16 bits per heavy atom. The molecule has 0 saturated heterocycles. The first-order valence-corrected chi connectivity index (χ1v) is 9.51. The monoisotopic (exact) mass is 379 g/mol. The van der Waals surface area contributed by atoms with Gasteiger partial charge in [-0.3, -0.25) is 9.00 Å². The van der Waals surface area contributed by atoms with E-state index in [4.69, 9.17) is 16.3 Å². The third-order valence-electron chi connectivity index (χ3n) is 3.38. The van der Waals surface area contributed by atoms with Gasteiger partial charge < -0.3 is 10.1 Å². The zero-order chi connectivity index (χ0) is 18.2. The maximum atomic E-state index is 12.1. The number of esters is 1. The minimum Gasteiger partial charge on any atom is -0.452 e. The molecule has 0 aromatic heterocycles. The normalized spacial score (nSPS) is 11.6.